The number of methoxy groups -OCH3 is 2. The summed E-state index contributed by atoms with van der Waals surface area (Å²) >= 11 is 0. The number of carbonyl (C=O) groups is 2. The van der Waals surface area contributed by atoms with Crippen molar-refractivity contribution in [2.45, 2.75) is 25.7 Å². The number of hydrogen-bond acceptors (Lipinski definition) is 4. The molecule has 0 N–H and O–H groups in total. The van der Waals surface area contributed by atoms with Crippen LogP contribution in [0.25, 0.3) is 0 Å². The summed E-state index contributed by atoms with van der Waals surface area (Å²) in [6.45, 7) is 1.29. The fourth-order valence-corrected chi connectivity index (χ4v) is 2.19. The molecule has 0 aliphatic rings. The minimum absolute atomic E-state index is 0. The molecule has 0 bridgehead atoms. The first-order valence-electron chi connectivity index (χ1n) is 8.65. The second-order valence-corrected chi connectivity index (χ2v) is 5.62. The van der Waals surface area contributed by atoms with Gasteiger partial charge in [-0.25, -0.2) is 0 Å². The summed E-state index contributed by atoms with van der Waals surface area (Å²) in [7, 11) is 3.28. The van der Waals surface area contributed by atoms with Crippen molar-refractivity contribution in [3.05, 3.63) is 86.6 Å². The molecule has 4 nitrogen and oxygen atoms in total. The van der Waals surface area contributed by atoms with E-state index in [9.17, 15) is 9.59 Å². The van der Waals surface area contributed by atoms with Gasteiger partial charge in [0.2, 0.25) is 0 Å². The van der Waals surface area contributed by atoms with E-state index in [1.807, 2.05) is 0 Å². The standard InChI is InChI=1S/2C11H13O2.2CH3.Ti/c2*1-13-9-5-8-11(12)10-6-3-2-4-7-10;;;/h2*3-4,6-7H,5,8-9H2,1H3;2*1H3;/q4*-1;+4. The van der Waals surface area contributed by atoms with Crippen molar-refractivity contribution >= 4 is 11.6 Å². The molecule has 0 amide bonds. The van der Waals surface area contributed by atoms with Gasteiger partial charge in [-0.05, 0) is 12.8 Å². The summed E-state index contributed by atoms with van der Waals surface area (Å²) in [5, 5.41) is 0. The van der Waals surface area contributed by atoms with Gasteiger partial charge in [0.1, 0.15) is 11.6 Å². The fraction of sp³-hybridized carbons (Fsp3) is 0.333. The van der Waals surface area contributed by atoms with E-state index in [1.165, 1.54) is 0 Å². The SMILES string of the molecule is COCCCC(=O)c1cc[c-]cc1.COCCCC(=O)c1cc[c-]cc1.[CH3-].[CH3-].[Ti+4]. The summed E-state index contributed by atoms with van der Waals surface area (Å²) in [6.07, 6.45) is 2.68. The van der Waals surface area contributed by atoms with E-state index in [0.717, 1.165) is 24.0 Å². The van der Waals surface area contributed by atoms with Gasteiger partial charge in [-0.3, -0.25) is 9.59 Å². The molecule has 0 fully saturated rings. The number of benzene rings is 2. The van der Waals surface area contributed by atoms with Gasteiger partial charge in [0.05, 0.1) is 0 Å². The summed E-state index contributed by atoms with van der Waals surface area (Å²) in [5.74, 6) is 0.345. The van der Waals surface area contributed by atoms with Crippen molar-refractivity contribution in [1.29, 1.82) is 0 Å². The third-order valence-corrected chi connectivity index (χ3v) is 3.59. The first kappa shape index (κ1) is 32.1. The maximum absolute atomic E-state index is 11.5. The molecule has 2 rings (SSSR count). The average molecular weight is 432 g/mol. The second-order valence-electron chi connectivity index (χ2n) is 5.62. The van der Waals surface area contributed by atoms with Gasteiger partial charge in [0.25, 0.3) is 0 Å². The van der Waals surface area contributed by atoms with Gasteiger partial charge >= 0.3 is 21.7 Å². The van der Waals surface area contributed by atoms with Gasteiger partial charge in [0.15, 0.2) is 0 Å². The van der Waals surface area contributed by atoms with E-state index in [4.69, 9.17) is 9.47 Å². The van der Waals surface area contributed by atoms with Crippen LogP contribution in [0, 0.1) is 27.0 Å². The monoisotopic (exact) mass is 432 g/mol. The van der Waals surface area contributed by atoms with Crippen LogP contribution in [0.4, 0.5) is 0 Å². The van der Waals surface area contributed by atoms with Gasteiger partial charge < -0.3 is 24.3 Å². The topological polar surface area (TPSA) is 52.6 Å². The zero-order chi connectivity index (χ0) is 19.0. The largest absolute Gasteiger partial charge is 4.00 e. The van der Waals surface area contributed by atoms with Crippen LogP contribution in [0.1, 0.15) is 46.4 Å². The van der Waals surface area contributed by atoms with Crippen molar-refractivity contribution < 1.29 is 40.8 Å². The molecule has 0 saturated carbocycles. The second kappa shape index (κ2) is 21.1. The van der Waals surface area contributed by atoms with Crippen molar-refractivity contribution in [2.24, 2.45) is 0 Å². The van der Waals surface area contributed by atoms with Gasteiger partial charge in [-0.1, -0.05) is 11.1 Å². The summed E-state index contributed by atoms with van der Waals surface area (Å²) in [5.41, 5.74) is 1.52. The van der Waals surface area contributed by atoms with Gasteiger partial charge in [-0.2, -0.15) is 60.7 Å². The van der Waals surface area contributed by atoms with Crippen LogP contribution in [0.15, 0.2) is 48.5 Å². The molecule has 156 valence electrons. The van der Waals surface area contributed by atoms with Crippen molar-refractivity contribution in [1.82, 2.24) is 0 Å². The van der Waals surface area contributed by atoms with E-state index in [-0.39, 0.29) is 48.1 Å². The Bertz CT molecular complexity index is 572. The minimum atomic E-state index is 0. The Morgan fingerprint density at radius 3 is 1.31 bits per heavy atom. The predicted octanol–water partition coefficient (Wildman–Crippen LogP) is 5.09. The van der Waals surface area contributed by atoms with Crippen LogP contribution in [-0.2, 0) is 31.2 Å². The fourth-order valence-electron chi connectivity index (χ4n) is 2.19. The Morgan fingerprint density at radius 1 is 0.724 bits per heavy atom. The molecule has 0 unspecified atom stereocenters. The molecular weight excluding hydrogens is 400 g/mol. The summed E-state index contributed by atoms with van der Waals surface area (Å²) in [6, 6.07) is 19.9. The quantitative estimate of drug-likeness (QED) is 0.227. The van der Waals surface area contributed by atoms with Crippen LogP contribution in [0.3, 0.4) is 0 Å². The van der Waals surface area contributed by atoms with Crippen molar-refractivity contribution in [3.63, 3.8) is 0 Å². The number of ketones is 2. The first-order chi connectivity index (χ1) is 12.7. The zero-order valence-electron chi connectivity index (χ0n) is 18.0. The number of rotatable bonds is 10. The third-order valence-electron chi connectivity index (χ3n) is 3.59. The Kier molecular flexibility index (Phi) is 23.4. The molecule has 0 heterocycles. The number of carbonyl (C=O) groups excluding carboxylic acids is 2. The molecule has 0 aliphatic carbocycles. The smallest absolute Gasteiger partial charge is 0.385 e. The first-order valence-corrected chi connectivity index (χ1v) is 8.65. The molecule has 0 aliphatic heterocycles. The third kappa shape index (κ3) is 15.0. The molecule has 0 saturated heterocycles. The molecule has 0 radical (unpaired) electrons. The van der Waals surface area contributed by atoms with Crippen molar-refractivity contribution in [3.8, 4) is 0 Å². The number of ether oxygens (including phenoxy) is 2. The summed E-state index contributed by atoms with van der Waals surface area (Å²) < 4.78 is 9.74. The molecular formula is C24H32O4Ti. The van der Waals surface area contributed by atoms with Crippen LogP contribution < -0.4 is 0 Å². The molecule has 2 aromatic carbocycles. The molecule has 2 aromatic rings. The normalized spacial score (nSPS) is 8.90. The van der Waals surface area contributed by atoms with E-state index >= 15 is 0 Å². The molecule has 0 aromatic heterocycles. The van der Waals surface area contributed by atoms with E-state index in [0.29, 0.717) is 26.1 Å². The maximum atomic E-state index is 11.5. The van der Waals surface area contributed by atoms with Crippen molar-refractivity contribution in [2.75, 3.05) is 27.4 Å². The van der Waals surface area contributed by atoms with Gasteiger partial charge in [0, 0.05) is 40.3 Å². The van der Waals surface area contributed by atoms with E-state index in [1.54, 1.807) is 62.8 Å². The number of hydrogen-bond donors (Lipinski definition) is 0. The van der Waals surface area contributed by atoms with Crippen LogP contribution in [-0.4, -0.2) is 39.0 Å². The van der Waals surface area contributed by atoms with Crippen LogP contribution in [0.5, 0.6) is 0 Å². The molecule has 0 atom stereocenters. The average Bonchev–Trinajstić information content (AvgIpc) is 2.70. The van der Waals surface area contributed by atoms with E-state index < -0.39 is 0 Å². The summed E-state index contributed by atoms with van der Waals surface area (Å²) in [4.78, 5) is 22.9. The minimum Gasteiger partial charge on any atom is -0.385 e. The Morgan fingerprint density at radius 2 is 1.03 bits per heavy atom. The maximum Gasteiger partial charge on any atom is 4.00 e. The Labute approximate surface area is 191 Å². The Hall–Kier alpha value is -1.59. The predicted molar refractivity (Wildman–Crippen MR) is 114 cm³/mol. The molecule has 29 heavy (non-hydrogen) atoms. The van der Waals surface area contributed by atoms with Crippen LogP contribution >= 0.6 is 0 Å². The van der Waals surface area contributed by atoms with Crippen LogP contribution in [0.2, 0.25) is 0 Å². The number of Topliss-reactive ketones (excluding diaryl/α,β-unsaturated/α-hetero) is 2. The molecule has 0 spiro atoms. The Balaban J connectivity index is -0.000000422. The van der Waals surface area contributed by atoms with E-state index in [2.05, 4.69) is 12.1 Å². The van der Waals surface area contributed by atoms with Gasteiger partial charge in [-0.15, -0.1) is 0 Å². The molecule has 5 heteroatoms. The zero-order valence-corrected chi connectivity index (χ0v) is 19.6.